The van der Waals surface area contributed by atoms with Gasteiger partial charge in [0.2, 0.25) is 0 Å². The molecule has 11 heteroatoms. The standard InChI is InChI=1S/C17H12ClF3N4O3/c1-9-23-24-14-5-2-10(7-25(9)14)16(27)28-8-15(26)22-11-3-4-13(18)12(6-11)17(19,20)21/h2-7H,8H2,1H3,(H,22,26). The Morgan fingerprint density at radius 2 is 1.96 bits per heavy atom. The first-order chi connectivity index (χ1) is 13.1. The summed E-state index contributed by atoms with van der Waals surface area (Å²) in [7, 11) is 0. The van der Waals surface area contributed by atoms with Gasteiger partial charge in [-0.1, -0.05) is 11.6 Å². The van der Waals surface area contributed by atoms with Crippen LogP contribution in [0.25, 0.3) is 5.65 Å². The predicted octanol–water partition coefficient (Wildman–Crippen LogP) is 3.51. The summed E-state index contributed by atoms with van der Waals surface area (Å²) in [6.07, 6.45) is -3.21. The number of amides is 1. The van der Waals surface area contributed by atoms with Crippen LogP contribution in [0.2, 0.25) is 5.02 Å². The summed E-state index contributed by atoms with van der Waals surface area (Å²) < 4.78 is 45.0. The fourth-order valence-corrected chi connectivity index (χ4v) is 2.58. The Labute approximate surface area is 161 Å². The van der Waals surface area contributed by atoms with Gasteiger partial charge in [-0.05, 0) is 37.3 Å². The van der Waals surface area contributed by atoms with Crippen molar-refractivity contribution in [3.63, 3.8) is 0 Å². The Balaban J connectivity index is 1.63. The maximum atomic E-state index is 12.8. The molecule has 0 saturated carbocycles. The molecule has 0 saturated heterocycles. The number of anilines is 1. The van der Waals surface area contributed by atoms with Gasteiger partial charge in [0.15, 0.2) is 12.3 Å². The summed E-state index contributed by atoms with van der Waals surface area (Å²) in [5.41, 5.74) is -0.509. The Kier molecular flexibility index (Phi) is 5.23. The lowest BCUT2D eigenvalue weighted by Crippen LogP contribution is -2.21. The van der Waals surface area contributed by atoms with E-state index < -0.39 is 35.2 Å². The first-order valence-corrected chi connectivity index (χ1v) is 8.18. The number of aromatic nitrogens is 3. The maximum Gasteiger partial charge on any atom is 0.417 e. The SMILES string of the molecule is Cc1nnc2ccc(C(=O)OCC(=O)Nc3ccc(Cl)c(C(F)(F)F)c3)cn12. The molecule has 0 bridgehead atoms. The number of nitrogens with one attached hydrogen (secondary N) is 1. The minimum absolute atomic E-state index is 0.126. The second-order valence-corrected chi connectivity index (χ2v) is 6.12. The second-order valence-electron chi connectivity index (χ2n) is 5.71. The third kappa shape index (κ3) is 4.22. The number of ether oxygens (including phenoxy) is 1. The lowest BCUT2D eigenvalue weighted by atomic mass is 10.2. The third-order valence-electron chi connectivity index (χ3n) is 3.70. The molecule has 1 amide bonds. The van der Waals surface area contributed by atoms with Gasteiger partial charge in [0.25, 0.3) is 5.91 Å². The topological polar surface area (TPSA) is 85.6 Å². The van der Waals surface area contributed by atoms with Crippen LogP contribution in [-0.4, -0.2) is 33.1 Å². The second kappa shape index (κ2) is 7.47. The number of halogens is 4. The molecule has 2 aromatic heterocycles. The van der Waals surface area contributed by atoms with Gasteiger partial charge in [0, 0.05) is 11.9 Å². The summed E-state index contributed by atoms with van der Waals surface area (Å²) in [5, 5.41) is 9.47. The molecule has 28 heavy (non-hydrogen) atoms. The zero-order valence-corrected chi connectivity index (χ0v) is 15.0. The van der Waals surface area contributed by atoms with E-state index in [1.54, 1.807) is 17.4 Å². The molecule has 0 aliphatic heterocycles. The van der Waals surface area contributed by atoms with Crippen molar-refractivity contribution in [2.24, 2.45) is 0 Å². The van der Waals surface area contributed by atoms with Crippen LogP contribution in [0.1, 0.15) is 21.7 Å². The average molecular weight is 413 g/mol. The minimum atomic E-state index is -4.66. The molecule has 3 aromatic rings. The van der Waals surface area contributed by atoms with Crippen molar-refractivity contribution in [1.82, 2.24) is 14.6 Å². The number of carbonyl (C=O) groups is 2. The van der Waals surface area contributed by atoms with Gasteiger partial charge in [0.1, 0.15) is 5.82 Å². The molecule has 1 N–H and O–H groups in total. The number of esters is 1. The number of nitrogens with zero attached hydrogens (tertiary/aromatic N) is 3. The number of hydrogen-bond acceptors (Lipinski definition) is 5. The number of benzene rings is 1. The molecule has 0 fully saturated rings. The molecule has 0 aliphatic rings. The first-order valence-electron chi connectivity index (χ1n) is 7.80. The monoisotopic (exact) mass is 412 g/mol. The molecule has 0 unspecified atom stereocenters. The molecule has 0 aliphatic carbocycles. The normalized spacial score (nSPS) is 11.5. The summed E-state index contributed by atoms with van der Waals surface area (Å²) in [6.45, 7) is 1.02. The largest absolute Gasteiger partial charge is 0.452 e. The van der Waals surface area contributed by atoms with Crippen molar-refractivity contribution in [3.05, 3.63) is 58.5 Å². The number of rotatable bonds is 4. The van der Waals surface area contributed by atoms with Gasteiger partial charge in [-0.2, -0.15) is 13.2 Å². The van der Waals surface area contributed by atoms with Crippen LogP contribution in [0, 0.1) is 6.92 Å². The van der Waals surface area contributed by atoms with E-state index >= 15 is 0 Å². The van der Waals surface area contributed by atoms with Gasteiger partial charge in [-0.25, -0.2) is 4.79 Å². The van der Waals surface area contributed by atoms with E-state index in [1.807, 2.05) is 0 Å². The van der Waals surface area contributed by atoms with Crippen LogP contribution >= 0.6 is 11.6 Å². The Morgan fingerprint density at radius 3 is 2.68 bits per heavy atom. The molecule has 7 nitrogen and oxygen atoms in total. The molecule has 1 aromatic carbocycles. The number of pyridine rings is 1. The average Bonchev–Trinajstić information content (AvgIpc) is 3.01. The van der Waals surface area contributed by atoms with Gasteiger partial charge in [-0.3, -0.25) is 9.20 Å². The van der Waals surface area contributed by atoms with Crippen molar-refractivity contribution in [3.8, 4) is 0 Å². The lowest BCUT2D eigenvalue weighted by Gasteiger charge is -2.12. The predicted molar refractivity (Wildman–Crippen MR) is 93.1 cm³/mol. The molecule has 2 heterocycles. The summed E-state index contributed by atoms with van der Waals surface area (Å²) in [6, 6.07) is 5.94. The van der Waals surface area contributed by atoms with Crippen molar-refractivity contribution in [2.45, 2.75) is 13.1 Å². The molecule has 0 radical (unpaired) electrons. The number of alkyl halides is 3. The molecule has 146 valence electrons. The smallest absolute Gasteiger partial charge is 0.417 e. The highest BCUT2D eigenvalue weighted by Crippen LogP contribution is 2.36. The van der Waals surface area contributed by atoms with Crippen LogP contribution in [0.5, 0.6) is 0 Å². The number of carbonyl (C=O) groups excluding carboxylic acids is 2. The maximum absolute atomic E-state index is 12.8. The van der Waals surface area contributed by atoms with E-state index in [4.69, 9.17) is 16.3 Å². The summed E-state index contributed by atoms with van der Waals surface area (Å²) in [5.74, 6) is -1.02. The number of hydrogen-bond donors (Lipinski definition) is 1. The zero-order chi connectivity index (χ0) is 20.5. The van der Waals surface area contributed by atoms with Crippen LogP contribution in [0.15, 0.2) is 36.5 Å². The quantitative estimate of drug-likeness (QED) is 0.663. The third-order valence-corrected chi connectivity index (χ3v) is 4.03. The molecule has 0 atom stereocenters. The van der Waals surface area contributed by atoms with E-state index in [-0.39, 0.29) is 11.3 Å². The van der Waals surface area contributed by atoms with E-state index in [2.05, 4.69) is 15.5 Å². The van der Waals surface area contributed by atoms with Crippen molar-refractivity contribution in [1.29, 1.82) is 0 Å². The minimum Gasteiger partial charge on any atom is -0.452 e. The highest BCUT2D eigenvalue weighted by molar-refractivity contribution is 6.31. The molecular formula is C17H12ClF3N4O3. The molecule has 3 rings (SSSR count). The highest BCUT2D eigenvalue weighted by atomic mass is 35.5. The molecular weight excluding hydrogens is 401 g/mol. The van der Waals surface area contributed by atoms with Crippen molar-refractivity contribution < 1.29 is 27.5 Å². The first kappa shape index (κ1) is 19.6. The van der Waals surface area contributed by atoms with E-state index in [1.165, 1.54) is 18.3 Å². The zero-order valence-electron chi connectivity index (χ0n) is 14.2. The van der Waals surface area contributed by atoms with Gasteiger partial charge < -0.3 is 10.1 Å². The number of fused-ring (bicyclic) bond motifs is 1. The highest BCUT2D eigenvalue weighted by Gasteiger charge is 2.33. The Bertz CT molecular complexity index is 1070. The van der Waals surface area contributed by atoms with Crippen LogP contribution in [-0.2, 0) is 15.7 Å². The molecule has 0 spiro atoms. The lowest BCUT2D eigenvalue weighted by molar-refractivity contribution is -0.137. The van der Waals surface area contributed by atoms with Crippen molar-refractivity contribution >= 4 is 34.8 Å². The van der Waals surface area contributed by atoms with E-state index in [0.29, 0.717) is 17.5 Å². The summed E-state index contributed by atoms with van der Waals surface area (Å²) in [4.78, 5) is 24.0. The summed E-state index contributed by atoms with van der Waals surface area (Å²) >= 11 is 5.52. The van der Waals surface area contributed by atoms with Crippen LogP contribution in [0.4, 0.5) is 18.9 Å². The van der Waals surface area contributed by atoms with E-state index in [9.17, 15) is 22.8 Å². The van der Waals surface area contributed by atoms with Crippen LogP contribution in [0.3, 0.4) is 0 Å². The fourth-order valence-electron chi connectivity index (χ4n) is 2.36. The van der Waals surface area contributed by atoms with E-state index in [0.717, 1.165) is 6.07 Å². The van der Waals surface area contributed by atoms with Crippen LogP contribution < -0.4 is 5.32 Å². The fraction of sp³-hybridized carbons (Fsp3) is 0.176. The Morgan fingerprint density at radius 1 is 1.21 bits per heavy atom. The van der Waals surface area contributed by atoms with Gasteiger partial charge >= 0.3 is 12.1 Å². The Hall–Kier alpha value is -3.14. The van der Waals surface area contributed by atoms with Gasteiger partial charge in [-0.15, -0.1) is 10.2 Å². The van der Waals surface area contributed by atoms with Crippen molar-refractivity contribution in [2.75, 3.05) is 11.9 Å². The number of aryl methyl sites for hydroxylation is 1. The van der Waals surface area contributed by atoms with Gasteiger partial charge in [0.05, 0.1) is 16.1 Å².